The van der Waals surface area contributed by atoms with Gasteiger partial charge in [-0.25, -0.2) is 8.42 Å². The zero-order chi connectivity index (χ0) is 16.8. The lowest BCUT2D eigenvalue weighted by atomic mass is 10.0. The fourth-order valence-corrected chi connectivity index (χ4v) is 4.43. The van der Waals surface area contributed by atoms with Crippen LogP contribution in [0.25, 0.3) is 0 Å². The number of hydrogen-bond acceptors (Lipinski definition) is 4. The van der Waals surface area contributed by atoms with Crippen LogP contribution in [0, 0.1) is 5.92 Å². The molecule has 0 aliphatic carbocycles. The maximum absolute atomic E-state index is 12.7. The minimum atomic E-state index is -3.65. The Morgan fingerprint density at radius 2 is 2.05 bits per heavy atom. The van der Waals surface area contributed by atoms with E-state index in [1.165, 1.54) is 0 Å². The quantitative estimate of drug-likeness (QED) is 0.747. The van der Waals surface area contributed by atoms with Gasteiger partial charge in [-0.3, -0.25) is 4.79 Å². The van der Waals surface area contributed by atoms with Crippen LogP contribution in [-0.4, -0.2) is 38.4 Å². The predicted octanol–water partition coefficient (Wildman–Crippen LogP) is 2.70. The molecule has 126 valence electrons. The summed E-state index contributed by atoms with van der Waals surface area (Å²) in [5, 5.41) is 1.71. The van der Waals surface area contributed by atoms with Crippen LogP contribution in [0.5, 0.6) is 0 Å². The topological polar surface area (TPSA) is 66.5 Å². The van der Waals surface area contributed by atoms with E-state index in [1.54, 1.807) is 22.4 Å². The first kappa shape index (κ1) is 19.1. The minimum Gasteiger partial charge on any atom is -0.342 e. The van der Waals surface area contributed by atoms with Gasteiger partial charge in [-0.15, -0.1) is 11.3 Å². The molecule has 1 amide bonds. The molecule has 0 aliphatic rings. The van der Waals surface area contributed by atoms with Crippen LogP contribution >= 0.6 is 11.3 Å². The number of nitrogens with zero attached hydrogens (tertiary/aromatic N) is 1. The molecule has 5 nitrogen and oxygen atoms in total. The third kappa shape index (κ3) is 5.07. The van der Waals surface area contributed by atoms with E-state index in [9.17, 15) is 13.2 Å². The standard InChI is InChI=1S/C15H26N2O3S2/c1-5-7-10-17(6-2)15(18)14(12(3)4)16-22(19,20)13-9-8-11-21-13/h8-9,11-12,14,16H,5-7,10H2,1-4H3. The van der Waals surface area contributed by atoms with Crippen molar-refractivity contribution in [2.45, 2.75) is 50.8 Å². The molecule has 1 heterocycles. The van der Waals surface area contributed by atoms with Crippen molar-refractivity contribution >= 4 is 27.3 Å². The summed E-state index contributed by atoms with van der Waals surface area (Å²) in [6.45, 7) is 8.94. The number of unbranched alkanes of at least 4 members (excludes halogenated alkanes) is 1. The van der Waals surface area contributed by atoms with E-state index in [1.807, 2.05) is 20.8 Å². The van der Waals surface area contributed by atoms with Crippen molar-refractivity contribution in [2.75, 3.05) is 13.1 Å². The Morgan fingerprint density at radius 3 is 2.50 bits per heavy atom. The lowest BCUT2D eigenvalue weighted by Crippen LogP contribution is -2.51. The van der Waals surface area contributed by atoms with Crippen LogP contribution in [0.3, 0.4) is 0 Å². The lowest BCUT2D eigenvalue weighted by Gasteiger charge is -2.28. The second kappa shape index (κ2) is 8.64. The highest BCUT2D eigenvalue weighted by Gasteiger charge is 2.31. The molecule has 1 rings (SSSR count). The predicted molar refractivity (Wildman–Crippen MR) is 90.4 cm³/mol. The number of nitrogens with one attached hydrogen (secondary N) is 1. The lowest BCUT2D eigenvalue weighted by molar-refractivity contribution is -0.133. The van der Waals surface area contributed by atoms with Gasteiger partial charge in [0.25, 0.3) is 10.0 Å². The monoisotopic (exact) mass is 346 g/mol. The Bertz CT molecular complexity index is 553. The number of amides is 1. The summed E-state index contributed by atoms with van der Waals surface area (Å²) < 4.78 is 27.5. The summed E-state index contributed by atoms with van der Waals surface area (Å²) in [6, 6.07) is 2.50. The second-order valence-electron chi connectivity index (χ2n) is 5.55. The number of carbonyl (C=O) groups excluding carboxylic acids is 1. The summed E-state index contributed by atoms with van der Waals surface area (Å²) in [5.41, 5.74) is 0. The van der Waals surface area contributed by atoms with Gasteiger partial charge >= 0.3 is 0 Å². The Kier molecular flexibility index (Phi) is 7.52. The van der Waals surface area contributed by atoms with Gasteiger partial charge in [0.15, 0.2) is 0 Å². The van der Waals surface area contributed by atoms with E-state index >= 15 is 0 Å². The normalized spacial score (nSPS) is 13.3. The molecule has 0 aliphatic heterocycles. The van der Waals surface area contributed by atoms with Gasteiger partial charge in [0.1, 0.15) is 10.3 Å². The summed E-state index contributed by atoms with van der Waals surface area (Å²) in [6.07, 6.45) is 1.92. The Morgan fingerprint density at radius 1 is 1.36 bits per heavy atom. The molecule has 1 aromatic heterocycles. The van der Waals surface area contributed by atoms with Crippen molar-refractivity contribution in [3.05, 3.63) is 17.5 Å². The van der Waals surface area contributed by atoms with Crippen LogP contribution in [0.2, 0.25) is 0 Å². The first-order valence-corrected chi connectivity index (χ1v) is 10.0. The summed E-state index contributed by atoms with van der Waals surface area (Å²) in [4.78, 5) is 14.4. The minimum absolute atomic E-state index is 0.113. The number of likely N-dealkylation sites (N-methyl/N-ethyl adjacent to an activating group) is 1. The second-order valence-corrected chi connectivity index (χ2v) is 8.44. The molecule has 0 saturated heterocycles. The third-order valence-electron chi connectivity index (χ3n) is 3.45. The van der Waals surface area contributed by atoms with Gasteiger partial charge < -0.3 is 4.90 Å². The smallest absolute Gasteiger partial charge is 0.250 e. The van der Waals surface area contributed by atoms with Crippen molar-refractivity contribution in [1.82, 2.24) is 9.62 Å². The van der Waals surface area contributed by atoms with Crippen molar-refractivity contribution in [3.8, 4) is 0 Å². The fraction of sp³-hybridized carbons (Fsp3) is 0.667. The van der Waals surface area contributed by atoms with Gasteiger partial charge in [-0.05, 0) is 30.7 Å². The molecule has 22 heavy (non-hydrogen) atoms. The van der Waals surface area contributed by atoms with Crippen molar-refractivity contribution in [3.63, 3.8) is 0 Å². The Labute approximate surface area is 137 Å². The van der Waals surface area contributed by atoms with Gasteiger partial charge in [-0.2, -0.15) is 4.72 Å². The van der Waals surface area contributed by atoms with Gasteiger partial charge in [0.05, 0.1) is 0 Å². The van der Waals surface area contributed by atoms with Gasteiger partial charge in [-0.1, -0.05) is 33.3 Å². The molecular weight excluding hydrogens is 320 g/mol. The molecule has 0 fully saturated rings. The Hall–Kier alpha value is -0.920. The largest absolute Gasteiger partial charge is 0.342 e. The highest BCUT2D eigenvalue weighted by molar-refractivity contribution is 7.91. The summed E-state index contributed by atoms with van der Waals surface area (Å²) in [7, 11) is -3.65. The number of rotatable bonds is 9. The number of hydrogen-bond donors (Lipinski definition) is 1. The summed E-state index contributed by atoms with van der Waals surface area (Å²) in [5.74, 6) is -0.260. The number of sulfonamides is 1. The molecule has 0 spiro atoms. The molecule has 1 N–H and O–H groups in total. The summed E-state index contributed by atoms with van der Waals surface area (Å²) >= 11 is 1.15. The molecule has 0 bridgehead atoms. The van der Waals surface area contributed by atoms with Gasteiger partial charge in [0.2, 0.25) is 5.91 Å². The van der Waals surface area contributed by atoms with Crippen molar-refractivity contribution < 1.29 is 13.2 Å². The molecule has 0 saturated carbocycles. The van der Waals surface area contributed by atoms with E-state index in [2.05, 4.69) is 11.6 Å². The Balaban J connectivity index is 2.91. The van der Waals surface area contributed by atoms with E-state index < -0.39 is 16.1 Å². The van der Waals surface area contributed by atoms with Gasteiger partial charge in [0, 0.05) is 13.1 Å². The number of carbonyl (C=O) groups is 1. The average molecular weight is 347 g/mol. The van der Waals surface area contributed by atoms with Crippen molar-refractivity contribution in [2.24, 2.45) is 5.92 Å². The van der Waals surface area contributed by atoms with E-state index in [0.29, 0.717) is 13.1 Å². The van der Waals surface area contributed by atoms with Crippen LogP contribution in [0.4, 0.5) is 0 Å². The molecular formula is C15H26N2O3S2. The zero-order valence-electron chi connectivity index (χ0n) is 13.7. The van der Waals surface area contributed by atoms with Crippen molar-refractivity contribution in [1.29, 1.82) is 0 Å². The SMILES string of the molecule is CCCCN(CC)C(=O)C(NS(=O)(=O)c1cccs1)C(C)C. The maximum Gasteiger partial charge on any atom is 0.250 e. The molecule has 7 heteroatoms. The molecule has 1 aromatic rings. The van der Waals surface area contributed by atoms with Crippen LogP contribution < -0.4 is 4.72 Å². The van der Waals surface area contributed by atoms with E-state index in [0.717, 1.165) is 24.2 Å². The van der Waals surface area contributed by atoms with Crippen LogP contribution in [0.1, 0.15) is 40.5 Å². The molecule has 0 aromatic carbocycles. The molecule has 1 unspecified atom stereocenters. The van der Waals surface area contributed by atoms with Crippen LogP contribution in [-0.2, 0) is 14.8 Å². The first-order chi connectivity index (χ1) is 10.3. The molecule has 1 atom stereocenters. The van der Waals surface area contributed by atoms with E-state index in [-0.39, 0.29) is 16.0 Å². The number of thiophene rings is 1. The molecule has 0 radical (unpaired) electrons. The highest BCUT2D eigenvalue weighted by atomic mass is 32.2. The highest BCUT2D eigenvalue weighted by Crippen LogP contribution is 2.18. The zero-order valence-corrected chi connectivity index (χ0v) is 15.3. The third-order valence-corrected chi connectivity index (χ3v) is 6.29. The first-order valence-electron chi connectivity index (χ1n) is 7.68. The maximum atomic E-state index is 12.7. The van der Waals surface area contributed by atoms with E-state index in [4.69, 9.17) is 0 Å². The fourth-order valence-electron chi connectivity index (χ4n) is 2.08. The van der Waals surface area contributed by atoms with Crippen LogP contribution in [0.15, 0.2) is 21.7 Å². The average Bonchev–Trinajstić information content (AvgIpc) is 3.00.